The van der Waals surface area contributed by atoms with Crippen LogP contribution in [-0.4, -0.2) is 45.2 Å². The van der Waals surface area contributed by atoms with Gasteiger partial charge in [-0.2, -0.15) is 10.2 Å². The maximum atomic E-state index is 12.8. The van der Waals surface area contributed by atoms with Gasteiger partial charge in [-0.1, -0.05) is 11.6 Å². The van der Waals surface area contributed by atoms with Crippen LogP contribution in [0.4, 0.5) is 11.4 Å². The highest BCUT2D eigenvalue weighted by molar-refractivity contribution is 6.34. The van der Waals surface area contributed by atoms with Crippen molar-refractivity contribution in [3.05, 3.63) is 35.4 Å². The number of anilines is 1. The molecule has 0 spiro atoms. The molecule has 0 saturated carbocycles. The Morgan fingerprint density at radius 1 is 1.00 bits per heavy atom. The molecule has 172 valence electrons. The number of hydrogen-bond donors (Lipinski definition) is 1. The van der Waals surface area contributed by atoms with E-state index in [2.05, 4.69) is 15.5 Å². The van der Waals surface area contributed by atoms with Crippen LogP contribution >= 0.6 is 11.6 Å². The fourth-order valence-corrected chi connectivity index (χ4v) is 2.89. The van der Waals surface area contributed by atoms with E-state index < -0.39 is 17.7 Å². The lowest BCUT2D eigenvalue weighted by atomic mass is 10.2. The number of rotatable bonds is 11. The van der Waals surface area contributed by atoms with Crippen molar-refractivity contribution in [1.29, 1.82) is 0 Å². The molecule has 2 aromatic rings. The second-order valence-corrected chi connectivity index (χ2v) is 6.81. The summed E-state index contributed by atoms with van der Waals surface area (Å²) in [6.07, 6.45) is 0. The Kier molecular flexibility index (Phi) is 9.27. The van der Waals surface area contributed by atoms with E-state index in [1.54, 1.807) is 18.2 Å². The summed E-state index contributed by atoms with van der Waals surface area (Å²) in [4.78, 5) is 24.9. The highest BCUT2D eigenvalue weighted by Crippen LogP contribution is 2.36. The van der Waals surface area contributed by atoms with Gasteiger partial charge in [0.05, 0.1) is 38.1 Å². The van der Waals surface area contributed by atoms with E-state index in [0.29, 0.717) is 41.9 Å². The van der Waals surface area contributed by atoms with Crippen molar-refractivity contribution in [2.24, 2.45) is 10.2 Å². The Morgan fingerprint density at radius 2 is 1.66 bits per heavy atom. The molecule has 0 bridgehead atoms. The SMILES string of the molecule is CCOc1ccc(N=NC(C(C)=O)C(=O)Nc2cc(OC)c(OC)cc2Cl)c(OCC)c1. The van der Waals surface area contributed by atoms with E-state index >= 15 is 0 Å². The van der Waals surface area contributed by atoms with Crippen molar-refractivity contribution >= 4 is 34.7 Å². The van der Waals surface area contributed by atoms with Gasteiger partial charge >= 0.3 is 0 Å². The smallest absolute Gasteiger partial charge is 0.258 e. The van der Waals surface area contributed by atoms with E-state index in [-0.39, 0.29) is 10.7 Å². The zero-order valence-corrected chi connectivity index (χ0v) is 19.4. The molecule has 2 aromatic carbocycles. The second kappa shape index (κ2) is 11.9. The van der Waals surface area contributed by atoms with Crippen LogP contribution in [0.1, 0.15) is 20.8 Å². The van der Waals surface area contributed by atoms with Gasteiger partial charge in [-0.25, -0.2) is 0 Å². The highest BCUT2D eigenvalue weighted by atomic mass is 35.5. The van der Waals surface area contributed by atoms with Gasteiger partial charge in [-0.05, 0) is 32.9 Å². The monoisotopic (exact) mass is 463 g/mol. The first-order valence-electron chi connectivity index (χ1n) is 9.87. The fourth-order valence-electron chi connectivity index (χ4n) is 2.69. The van der Waals surface area contributed by atoms with Crippen molar-refractivity contribution in [1.82, 2.24) is 0 Å². The van der Waals surface area contributed by atoms with E-state index in [4.69, 9.17) is 30.5 Å². The van der Waals surface area contributed by atoms with Crippen LogP contribution in [0.3, 0.4) is 0 Å². The summed E-state index contributed by atoms with van der Waals surface area (Å²) in [5, 5.41) is 10.8. The van der Waals surface area contributed by atoms with Gasteiger partial charge in [0.15, 0.2) is 17.3 Å². The van der Waals surface area contributed by atoms with Crippen LogP contribution in [0.5, 0.6) is 23.0 Å². The molecule has 32 heavy (non-hydrogen) atoms. The number of nitrogens with one attached hydrogen (secondary N) is 1. The first kappa shape index (κ1) is 24.9. The minimum Gasteiger partial charge on any atom is -0.494 e. The van der Waals surface area contributed by atoms with E-state index in [9.17, 15) is 9.59 Å². The quantitative estimate of drug-likeness (QED) is 0.377. The molecule has 2 rings (SSSR count). The van der Waals surface area contributed by atoms with Gasteiger partial charge in [-0.15, -0.1) is 0 Å². The van der Waals surface area contributed by atoms with E-state index in [0.717, 1.165) is 0 Å². The molecule has 0 aliphatic carbocycles. The standard InChI is InChI=1S/C22H26ClN3O6/c1-6-31-14-8-9-16(18(10-14)32-7-2)25-26-21(13(3)27)22(28)24-17-12-20(30-5)19(29-4)11-15(17)23/h8-12,21H,6-7H2,1-5H3,(H,24,28). The first-order valence-corrected chi connectivity index (χ1v) is 10.3. The number of carbonyl (C=O) groups excluding carboxylic acids is 2. The summed E-state index contributed by atoms with van der Waals surface area (Å²) in [5.74, 6) is 0.610. The average Bonchev–Trinajstić information content (AvgIpc) is 2.76. The zero-order valence-electron chi connectivity index (χ0n) is 18.6. The number of benzene rings is 2. The van der Waals surface area contributed by atoms with Crippen LogP contribution in [0.25, 0.3) is 0 Å². The number of Topliss-reactive ketones (excluding diaryl/α,β-unsaturated/α-hetero) is 1. The van der Waals surface area contributed by atoms with Gasteiger partial charge in [-0.3, -0.25) is 9.59 Å². The Labute approximate surface area is 191 Å². The first-order chi connectivity index (χ1) is 15.3. The number of ketones is 1. The van der Waals surface area contributed by atoms with Crippen molar-refractivity contribution < 1.29 is 28.5 Å². The third-order valence-electron chi connectivity index (χ3n) is 4.19. The van der Waals surface area contributed by atoms with Crippen molar-refractivity contribution in [2.75, 3.05) is 32.8 Å². The molecule has 1 unspecified atom stereocenters. The van der Waals surface area contributed by atoms with Crippen LogP contribution in [0.2, 0.25) is 5.02 Å². The molecule has 0 aliphatic rings. The summed E-state index contributed by atoms with van der Waals surface area (Å²) in [6.45, 7) is 5.84. The maximum absolute atomic E-state index is 12.8. The number of halogens is 1. The molecule has 10 heteroatoms. The zero-order chi connectivity index (χ0) is 23.7. The minimum absolute atomic E-state index is 0.209. The van der Waals surface area contributed by atoms with Gasteiger partial charge in [0.2, 0.25) is 6.04 Å². The van der Waals surface area contributed by atoms with Gasteiger partial charge < -0.3 is 24.3 Å². The fraction of sp³-hybridized carbons (Fsp3) is 0.364. The van der Waals surface area contributed by atoms with Crippen LogP contribution in [-0.2, 0) is 9.59 Å². The molecule has 0 saturated heterocycles. The van der Waals surface area contributed by atoms with Crippen molar-refractivity contribution in [2.45, 2.75) is 26.8 Å². The summed E-state index contributed by atoms with van der Waals surface area (Å²) in [5.41, 5.74) is 0.602. The number of azo groups is 1. The molecule has 0 radical (unpaired) electrons. The van der Waals surface area contributed by atoms with E-state index in [1.807, 2.05) is 13.8 Å². The highest BCUT2D eigenvalue weighted by Gasteiger charge is 2.25. The Morgan fingerprint density at radius 3 is 2.25 bits per heavy atom. The third kappa shape index (κ3) is 6.34. The number of amides is 1. The largest absolute Gasteiger partial charge is 0.494 e. The van der Waals surface area contributed by atoms with Crippen molar-refractivity contribution in [3.63, 3.8) is 0 Å². The van der Waals surface area contributed by atoms with Crippen LogP contribution in [0, 0.1) is 0 Å². The molecule has 0 aliphatic heterocycles. The summed E-state index contributed by atoms with van der Waals surface area (Å²) < 4.78 is 21.4. The molecule has 1 atom stereocenters. The summed E-state index contributed by atoms with van der Waals surface area (Å²) in [7, 11) is 2.92. The molecular formula is C22H26ClN3O6. The Hall–Kier alpha value is -3.33. The Balaban J connectivity index is 2.28. The third-order valence-corrected chi connectivity index (χ3v) is 4.50. The lowest BCUT2D eigenvalue weighted by molar-refractivity contribution is -0.126. The lowest BCUT2D eigenvalue weighted by Gasteiger charge is -2.14. The summed E-state index contributed by atoms with van der Waals surface area (Å²) >= 11 is 6.22. The number of carbonyl (C=O) groups is 2. The topological polar surface area (TPSA) is 108 Å². The predicted molar refractivity (Wildman–Crippen MR) is 121 cm³/mol. The normalized spacial score (nSPS) is 11.7. The van der Waals surface area contributed by atoms with Crippen LogP contribution < -0.4 is 24.3 Å². The molecular weight excluding hydrogens is 438 g/mol. The number of nitrogens with zero attached hydrogens (tertiary/aromatic N) is 2. The predicted octanol–water partition coefficient (Wildman–Crippen LogP) is 4.83. The molecule has 0 heterocycles. The maximum Gasteiger partial charge on any atom is 0.258 e. The molecule has 1 N–H and O–H groups in total. The van der Waals surface area contributed by atoms with Crippen LogP contribution in [0.15, 0.2) is 40.6 Å². The van der Waals surface area contributed by atoms with Gasteiger partial charge in [0.1, 0.15) is 17.2 Å². The molecule has 9 nitrogen and oxygen atoms in total. The molecule has 0 aromatic heterocycles. The summed E-state index contributed by atoms with van der Waals surface area (Å²) in [6, 6.07) is 6.61. The molecule has 0 fully saturated rings. The van der Waals surface area contributed by atoms with Gasteiger partial charge in [0, 0.05) is 18.2 Å². The van der Waals surface area contributed by atoms with Crippen molar-refractivity contribution in [3.8, 4) is 23.0 Å². The minimum atomic E-state index is -1.39. The van der Waals surface area contributed by atoms with Gasteiger partial charge in [0.25, 0.3) is 5.91 Å². The van der Waals surface area contributed by atoms with E-state index in [1.165, 1.54) is 33.3 Å². The number of methoxy groups -OCH3 is 2. The lowest BCUT2D eigenvalue weighted by Crippen LogP contribution is -2.31. The second-order valence-electron chi connectivity index (χ2n) is 6.40. The number of hydrogen-bond acceptors (Lipinski definition) is 8. The average molecular weight is 464 g/mol. The Bertz CT molecular complexity index is 996. The number of ether oxygens (including phenoxy) is 4. The molecule has 1 amide bonds.